The van der Waals surface area contributed by atoms with Crippen LogP contribution in [0, 0.1) is 11.3 Å². The fourth-order valence-corrected chi connectivity index (χ4v) is 1.58. The Bertz CT molecular complexity index is 146. The summed E-state index contributed by atoms with van der Waals surface area (Å²) in [5.41, 5.74) is 2.52. The van der Waals surface area contributed by atoms with E-state index < -0.39 is 0 Å². The van der Waals surface area contributed by atoms with Crippen LogP contribution in [0.15, 0.2) is 0 Å². The second-order valence-electron chi connectivity index (χ2n) is 3.78. The summed E-state index contributed by atoms with van der Waals surface area (Å²) in [5, 5.41) is 0. The van der Waals surface area contributed by atoms with Gasteiger partial charge in [-0.3, -0.25) is 10.2 Å². The molecule has 0 aromatic heterocycles. The maximum absolute atomic E-state index is 10.8. The number of hydrogen-bond acceptors (Lipinski definition) is 2. The summed E-state index contributed by atoms with van der Waals surface area (Å²) in [6, 6.07) is 0. The molecule has 58 valence electrons. The molecule has 1 aliphatic carbocycles. The number of rotatable bonds is 1. The molecule has 0 spiro atoms. The zero-order valence-corrected chi connectivity index (χ0v) is 6.48. The van der Waals surface area contributed by atoms with E-state index in [1.54, 1.807) is 0 Å². The third-order valence-electron chi connectivity index (χ3n) is 2.11. The summed E-state index contributed by atoms with van der Waals surface area (Å²) in [7, 11) is 0. The molecular weight excluding hydrogens is 128 g/mol. The van der Waals surface area contributed by atoms with Crippen LogP contribution in [0.25, 0.3) is 0 Å². The van der Waals surface area contributed by atoms with Gasteiger partial charge in [-0.25, -0.2) is 5.84 Å². The van der Waals surface area contributed by atoms with Crippen molar-refractivity contribution in [1.82, 2.24) is 5.43 Å². The van der Waals surface area contributed by atoms with Crippen LogP contribution in [0.3, 0.4) is 0 Å². The maximum atomic E-state index is 10.8. The van der Waals surface area contributed by atoms with Gasteiger partial charge in [0.25, 0.3) is 0 Å². The van der Waals surface area contributed by atoms with Crippen LogP contribution < -0.4 is 11.3 Å². The zero-order chi connectivity index (χ0) is 7.78. The van der Waals surface area contributed by atoms with Crippen molar-refractivity contribution in [3.05, 3.63) is 0 Å². The first kappa shape index (κ1) is 7.54. The molecule has 10 heavy (non-hydrogen) atoms. The van der Waals surface area contributed by atoms with Crippen molar-refractivity contribution in [2.75, 3.05) is 0 Å². The molecule has 0 heterocycles. The van der Waals surface area contributed by atoms with E-state index in [0.29, 0.717) is 5.41 Å². The molecule has 0 aliphatic heterocycles. The Labute approximate surface area is 60.9 Å². The van der Waals surface area contributed by atoms with Gasteiger partial charge in [-0.1, -0.05) is 13.8 Å². The minimum atomic E-state index is -0.0145. The number of hydrogen-bond donors (Lipinski definition) is 2. The van der Waals surface area contributed by atoms with E-state index in [2.05, 4.69) is 19.3 Å². The van der Waals surface area contributed by atoms with Crippen molar-refractivity contribution in [2.45, 2.75) is 26.7 Å². The normalized spacial score (nSPS) is 23.5. The molecule has 3 nitrogen and oxygen atoms in total. The van der Waals surface area contributed by atoms with E-state index in [1.807, 2.05) is 0 Å². The first-order valence-corrected chi connectivity index (χ1v) is 3.56. The highest BCUT2D eigenvalue weighted by atomic mass is 16.2. The molecule has 0 aromatic carbocycles. The Balaban J connectivity index is 2.33. The molecule has 3 N–H and O–H groups in total. The minimum Gasteiger partial charge on any atom is -0.294 e. The van der Waals surface area contributed by atoms with Crippen LogP contribution in [0.5, 0.6) is 0 Å². The molecule has 0 bridgehead atoms. The molecule has 0 atom stereocenters. The van der Waals surface area contributed by atoms with Gasteiger partial charge < -0.3 is 0 Å². The van der Waals surface area contributed by atoms with Gasteiger partial charge in [0.05, 0.1) is 0 Å². The molecule has 3 heteroatoms. The van der Waals surface area contributed by atoms with E-state index in [9.17, 15) is 4.79 Å². The molecule has 0 saturated heterocycles. The maximum Gasteiger partial charge on any atom is 0.237 e. The summed E-state index contributed by atoms with van der Waals surface area (Å²) in [5.74, 6) is 5.12. The number of hydrazine groups is 1. The lowest BCUT2D eigenvalue weighted by atomic mass is 9.64. The van der Waals surface area contributed by atoms with E-state index >= 15 is 0 Å². The molecule has 0 radical (unpaired) electrons. The van der Waals surface area contributed by atoms with Gasteiger partial charge in [0.15, 0.2) is 0 Å². The van der Waals surface area contributed by atoms with E-state index in [4.69, 9.17) is 5.84 Å². The Hall–Kier alpha value is -0.570. The fraction of sp³-hybridized carbons (Fsp3) is 0.857. The van der Waals surface area contributed by atoms with E-state index in [0.717, 1.165) is 12.8 Å². The summed E-state index contributed by atoms with van der Waals surface area (Å²) in [6.07, 6.45) is 1.94. The highest BCUT2D eigenvalue weighted by Crippen LogP contribution is 2.44. The van der Waals surface area contributed by atoms with Crippen molar-refractivity contribution in [1.29, 1.82) is 0 Å². The average molecular weight is 142 g/mol. The predicted octanol–water partition coefficient (Wildman–Crippen LogP) is 0.413. The van der Waals surface area contributed by atoms with Crippen LogP contribution in [-0.2, 0) is 4.79 Å². The molecule has 1 fully saturated rings. The number of amides is 1. The Morgan fingerprint density at radius 1 is 1.60 bits per heavy atom. The Morgan fingerprint density at radius 2 is 2.10 bits per heavy atom. The highest BCUT2D eigenvalue weighted by Gasteiger charge is 2.39. The van der Waals surface area contributed by atoms with Gasteiger partial charge in [0.1, 0.15) is 0 Å². The van der Waals surface area contributed by atoms with Crippen molar-refractivity contribution in [3.63, 3.8) is 0 Å². The number of carbonyl (C=O) groups is 1. The molecular formula is C7H14N2O. The topological polar surface area (TPSA) is 55.1 Å². The van der Waals surface area contributed by atoms with E-state index in [-0.39, 0.29) is 11.8 Å². The number of nitrogens with one attached hydrogen (secondary N) is 1. The van der Waals surface area contributed by atoms with Gasteiger partial charge >= 0.3 is 0 Å². The average Bonchev–Trinajstić information content (AvgIpc) is 1.81. The smallest absolute Gasteiger partial charge is 0.237 e. The fourth-order valence-electron chi connectivity index (χ4n) is 1.58. The Kier molecular flexibility index (Phi) is 1.68. The quantitative estimate of drug-likeness (QED) is 0.316. The molecule has 1 amide bonds. The van der Waals surface area contributed by atoms with Gasteiger partial charge in [-0.15, -0.1) is 0 Å². The molecule has 1 rings (SSSR count). The van der Waals surface area contributed by atoms with Crippen LogP contribution >= 0.6 is 0 Å². The summed E-state index contributed by atoms with van der Waals surface area (Å²) in [6.45, 7) is 4.32. The lowest BCUT2D eigenvalue weighted by molar-refractivity contribution is -0.131. The highest BCUT2D eigenvalue weighted by molar-refractivity contribution is 5.79. The monoisotopic (exact) mass is 142 g/mol. The second-order valence-corrected chi connectivity index (χ2v) is 3.78. The van der Waals surface area contributed by atoms with Gasteiger partial charge in [0.2, 0.25) is 5.91 Å². The van der Waals surface area contributed by atoms with Crippen molar-refractivity contribution in [3.8, 4) is 0 Å². The standard InChI is InChI=1S/C7H14N2O/c1-7(2)3-5(4-7)6(10)9-8/h5H,3-4,8H2,1-2H3,(H,9,10). The second kappa shape index (κ2) is 2.23. The number of carbonyl (C=O) groups excluding carboxylic acids is 1. The SMILES string of the molecule is CC1(C)CC(C(=O)NN)C1. The molecule has 1 aliphatic rings. The zero-order valence-electron chi connectivity index (χ0n) is 6.48. The third kappa shape index (κ3) is 1.29. The van der Waals surface area contributed by atoms with Crippen LogP contribution in [0.2, 0.25) is 0 Å². The summed E-state index contributed by atoms with van der Waals surface area (Å²) < 4.78 is 0. The molecule has 1 saturated carbocycles. The van der Waals surface area contributed by atoms with E-state index in [1.165, 1.54) is 0 Å². The van der Waals surface area contributed by atoms with Crippen molar-refractivity contribution in [2.24, 2.45) is 17.2 Å². The molecule has 0 unspecified atom stereocenters. The molecule has 0 aromatic rings. The minimum absolute atomic E-state index is 0.0145. The predicted molar refractivity (Wildman–Crippen MR) is 38.8 cm³/mol. The van der Waals surface area contributed by atoms with Crippen LogP contribution in [0.1, 0.15) is 26.7 Å². The summed E-state index contributed by atoms with van der Waals surface area (Å²) >= 11 is 0. The first-order valence-electron chi connectivity index (χ1n) is 3.56. The third-order valence-corrected chi connectivity index (χ3v) is 2.11. The van der Waals surface area contributed by atoms with Gasteiger partial charge in [-0.05, 0) is 18.3 Å². The van der Waals surface area contributed by atoms with Gasteiger partial charge in [0, 0.05) is 5.92 Å². The van der Waals surface area contributed by atoms with Crippen molar-refractivity contribution < 1.29 is 4.79 Å². The van der Waals surface area contributed by atoms with Gasteiger partial charge in [-0.2, -0.15) is 0 Å². The lowest BCUT2D eigenvalue weighted by Gasteiger charge is -2.41. The number of nitrogens with two attached hydrogens (primary N) is 1. The lowest BCUT2D eigenvalue weighted by Crippen LogP contribution is -2.45. The first-order chi connectivity index (χ1) is 4.55. The van der Waals surface area contributed by atoms with Crippen molar-refractivity contribution >= 4 is 5.91 Å². The van der Waals surface area contributed by atoms with Crippen LogP contribution in [-0.4, -0.2) is 5.91 Å². The summed E-state index contributed by atoms with van der Waals surface area (Å²) in [4.78, 5) is 10.8. The Morgan fingerprint density at radius 3 is 2.40 bits per heavy atom. The van der Waals surface area contributed by atoms with Crippen LogP contribution in [0.4, 0.5) is 0 Å². The largest absolute Gasteiger partial charge is 0.294 e.